The molecule has 1 nitrogen and oxygen atoms in total. The lowest BCUT2D eigenvalue weighted by Gasteiger charge is -2.22. The fourth-order valence-electron chi connectivity index (χ4n) is 1.22. The van der Waals surface area contributed by atoms with Gasteiger partial charge in [-0.05, 0) is 25.7 Å². The zero-order valence-corrected chi connectivity index (χ0v) is 12.6. The summed E-state index contributed by atoms with van der Waals surface area (Å²) in [6, 6.07) is 10.3. The molecule has 1 rings (SSSR count). The zero-order valence-electron chi connectivity index (χ0n) is 9.46. The summed E-state index contributed by atoms with van der Waals surface area (Å²) in [5.41, 5.74) is 1.18. The van der Waals surface area contributed by atoms with Gasteiger partial charge >= 0.3 is 0 Å². The summed E-state index contributed by atoms with van der Waals surface area (Å²) in [4.78, 5) is 0. The first-order valence-corrected chi connectivity index (χ1v) is 9.97. The lowest BCUT2D eigenvalue weighted by molar-refractivity contribution is 0.514. The Hall–Kier alpha value is -0.293. The minimum atomic E-state index is -1.51. The van der Waals surface area contributed by atoms with Crippen molar-refractivity contribution in [3.05, 3.63) is 42.0 Å². The van der Waals surface area contributed by atoms with Crippen LogP contribution in [0.1, 0.15) is 5.56 Å². The molecule has 82 valence electrons. The van der Waals surface area contributed by atoms with Gasteiger partial charge in [-0.3, -0.25) is 0 Å². The summed E-state index contributed by atoms with van der Waals surface area (Å²) in [5, 5.41) is 0. The second kappa shape index (κ2) is 5.70. The third-order valence-corrected chi connectivity index (χ3v) is 3.01. The van der Waals surface area contributed by atoms with Crippen LogP contribution < -0.4 is 0 Å². The molecule has 0 aromatic heterocycles. The molecule has 0 spiro atoms. The Labute approximate surface area is 107 Å². The highest BCUT2D eigenvalue weighted by atomic mass is 127. The van der Waals surface area contributed by atoms with Gasteiger partial charge in [0.05, 0.1) is 0 Å². The predicted molar refractivity (Wildman–Crippen MR) is 77.7 cm³/mol. The van der Waals surface area contributed by atoms with Crippen LogP contribution in [0.2, 0.25) is 19.6 Å². The average molecular weight is 332 g/mol. The lowest BCUT2D eigenvalue weighted by atomic mass is 10.2. The molecule has 0 aliphatic carbocycles. The number of benzene rings is 1. The molecular weight excluding hydrogens is 315 g/mol. The van der Waals surface area contributed by atoms with Crippen molar-refractivity contribution in [2.24, 2.45) is 0 Å². The molecule has 0 aliphatic heterocycles. The molecule has 1 aromatic carbocycles. The highest BCUT2D eigenvalue weighted by Gasteiger charge is 2.18. The van der Waals surface area contributed by atoms with Crippen LogP contribution in [0.5, 0.6) is 0 Å². The smallest absolute Gasteiger partial charge is 0.242 e. The van der Waals surface area contributed by atoms with Gasteiger partial charge in [-0.15, -0.1) is 0 Å². The van der Waals surface area contributed by atoms with Gasteiger partial charge in [-0.25, -0.2) is 0 Å². The molecule has 0 fully saturated rings. The maximum Gasteiger partial charge on any atom is 0.242 e. The van der Waals surface area contributed by atoms with Crippen molar-refractivity contribution in [2.75, 3.05) is 4.43 Å². The summed E-state index contributed by atoms with van der Waals surface area (Å²) in [5.74, 6) is 1.03. The minimum absolute atomic E-state index is 0.979. The molecular formula is C12H17IOSi. The molecule has 15 heavy (non-hydrogen) atoms. The Morgan fingerprint density at radius 2 is 1.87 bits per heavy atom. The number of hydrogen-bond donors (Lipinski definition) is 0. The van der Waals surface area contributed by atoms with Crippen molar-refractivity contribution in [2.45, 2.75) is 19.6 Å². The van der Waals surface area contributed by atoms with Gasteiger partial charge in [-0.1, -0.05) is 52.9 Å². The molecule has 0 amide bonds. The van der Waals surface area contributed by atoms with Gasteiger partial charge < -0.3 is 4.43 Å². The van der Waals surface area contributed by atoms with E-state index in [1.54, 1.807) is 0 Å². The van der Waals surface area contributed by atoms with Crippen LogP contribution in [-0.4, -0.2) is 12.7 Å². The molecule has 1 aromatic rings. The van der Waals surface area contributed by atoms with Crippen LogP contribution in [0.25, 0.3) is 5.76 Å². The van der Waals surface area contributed by atoms with Crippen LogP contribution in [0.15, 0.2) is 36.4 Å². The van der Waals surface area contributed by atoms with E-state index >= 15 is 0 Å². The number of hydrogen-bond acceptors (Lipinski definition) is 1. The first kappa shape index (κ1) is 12.8. The van der Waals surface area contributed by atoms with Crippen molar-refractivity contribution in [1.29, 1.82) is 0 Å². The van der Waals surface area contributed by atoms with E-state index in [0.29, 0.717) is 0 Å². The van der Waals surface area contributed by atoms with E-state index in [2.05, 4.69) is 60.4 Å². The number of rotatable bonds is 4. The van der Waals surface area contributed by atoms with E-state index in [0.717, 1.165) is 10.2 Å². The lowest BCUT2D eigenvalue weighted by Crippen LogP contribution is -2.24. The fourth-order valence-corrected chi connectivity index (χ4v) is 2.48. The Morgan fingerprint density at radius 3 is 2.33 bits per heavy atom. The van der Waals surface area contributed by atoms with Gasteiger partial charge in [0.25, 0.3) is 0 Å². The van der Waals surface area contributed by atoms with E-state index in [4.69, 9.17) is 4.43 Å². The molecule has 0 aliphatic rings. The van der Waals surface area contributed by atoms with E-state index in [1.165, 1.54) is 5.56 Å². The van der Waals surface area contributed by atoms with Gasteiger partial charge in [-0.2, -0.15) is 0 Å². The van der Waals surface area contributed by atoms with E-state index < -0.39 is 8.32 Å². The van der Waals surface area contributed by atoms with Crippen molar-refractivity contribution < 1.29 is 4.43 Å². The maximum absolute atomic E-state index is 6.06. The molecule has 0 radical (unpaired) electrons. The summed E-state index contributed by atoms with van der Waals surface area (Å²) in [6.07, 6.45) is 2.15. The van der Waals surface area contributed by atoms with Gasteiger partial charge in [0.2, 0.25) is 8.32 Å². The standard InChI is InChI=1S/C12H17IOSi/c1-15(2,3)14-12(9-10-13)11-7-5-4-6-8-11/h4-9H,10H2,1-3H3/b12-9+. The summed E-state index contributed by atoms with van der Waals surface area (Å²) in [7, 11) is -1.51. The van der Waals surface area contributed by atoms with Crippen LogP contribution in [0.4, 0.5) is 0 Å². The predicted octanol–water partition coefficient (Wildman–Crippen LogP) is 4.31. The van der Waals surface area contributed by atoms with E-state index in [1.807, 2.05) is 18.2 Å². The van der Waals surface area contributed by atoms with Gasteiger partial charge in [0.15, 0.2) is 0 Å². The first-order valence-electron chi connectivity index (χ1n) is 5.03. The van der Waals surface area contributed by atoms with Crippen LogP contribution in [-0.2, 0) is 4.43 Å². The second-order valence-corrected chi connectivity index (χ2v) is 9.61. The Bertz CT molecular complexity index is 327. The van der Waals surface area contributed by atoms with E-state index in [-0.39, 0.29) is 0 Å². The average Bonchev–Trinajstić information content (AvgIpc) is 2.17. The molecule has 0 saturated heterocycles. The quantitative estimate of drug-likeness (QED) is 0.345. The molecule has 0 heterocycles. The topological polar surface area (TPSA) is 9.23 Å². The molecule has 0 bridgehead atoms. The Morgan fingerprint density at radius 1 is 1.27 bits per heavy atom. The summed E-state index contributed by atoms with van der Waals surface area (Å²) < 4.78 is 7.04. The van der Waals surface area contributed by atoms with Crippen molar-refractivity contribution in [3.8, 4) is 0 Å². The van der Waals surface area contributed by atoms with Gasteiger partial charge in [0, 0.05) is 9.99 Å². The zero-order chi connectivity index (χ0) is 11.3. The molecule has 0 saturated carbocycles. The normalized spacial score (nSPS) is 12.7. The second-order valence-electron chi connectivity index (χ2n) is 4.30. The molecule has 3 heteroatoms. The maximum atomic E-state index is 6.06. The van der Waals surface area contributed by atoms with Crippen LogP contribution >= 0.6 is 22.6 Å². The third-order valence-electron chi connectivity index (χ3n) is 1.74. The van der Waals surface area contributed by atoms with Gasteiger partial charge in [0.1, 0.15) is 5.76 Å². The largest absolute Gasteiger partial charge is 0.544 e. The number of alkyl halides is 1. The molecule has 0 N–H and O–H groups in total. The number of halogens is 1. The van der Waals surface area contributed by atoms with Crippen molar-refractivity contribution >= 4 is 36.7 Å². The number of allylic oxidation sites excluding steroid dienone is 1. The van der Waals surface area contributed by atoms with Crippen molar-refractivity contribution in [1.82, 2.24) is 0 Å². The fraction of sp³-hybridized carbons (Fsp3) is 0.333. The van der Waals surface area contributed by atoms with Crippen molar-refractivity contribution in [3.63, 3.8) is 0 Å². The highest BCUT2D eigenvalue weighted by Crippen LogP contribution is 2.21. The SMILES string of the molecule is C[Si](C)(C)O/C(=C/CI)c1ccccc1. The van der Waals surface area contributed by atoms with E-state index in [9.17, 15) is 0 Å². The Kier molecular flexibility index (Phi) is 4.85. The Balaban J connectivity index is 2.90. The molecule has 0 atom stereocenters. The monoisotopic (exact) mass is 332 g/mol. The summed E-state index contributed by atoms with van der Waals surface area (Å²) in [6.45, 7) is 6.62. The third kappa shape index (κ3) is 4.84. The summed E-state index contributed by atoms with van der Waals surface area (Å²) >= 11 is 2.34. The first-order chi connectivity index (χ1) is 7.03. The highest BCUT2D eigenvalue weighted by molar-refractivity contribution is 14.1. The minimum Gasteiger partial charge on any atom is -0.544 e. The van der Waals surface area contributed by atoms with Crippen LogP contribution in [0.3, 0.4) is 0 Å². The molecule has 0 unspecified atom stereocenters. The van der Waals surface area contributed by atoms with Crippen LogP contribution in [0, 0.1) is 0 Å².